The SMILES string of the molecule is COc1cccc(C(=O)NCCCN)c1OC. The standard InChI is InChI=1S/C12H18N2O3/c1-16-10-6-3-5-9(11(10)17-2)12(15)14-8-4-7-13/h3,5-6H,4,7-8,13H2,1-2H3,(H,14,15). The molecule has 0 atom stereocenters. The highest BCUT2D eigenvalue weighted by molar-refractivity contribution is 5.97. The molecule has 17 heavy (non-hydrogen) atoms. The molecule has 1 aromatic carbocycles. The van der Waals surface area contributed by atoms with E-state index in [9.17, 15) is 4.79 Å². The summed E-state index contributed by atoms with van der Waals surface area (Å²) in [7, 11) is 3.04. The Hall–Kier alpha value is -1.75. The van der Waals surface area contributed by atoms with E-state index < -0.39 is 0 Å². The van der Waals surface area contributed by atoms with Crippen molar-refractivity contribution in [1.29, 1.82) is 0 Å². The van der Waals surface area contributed by atoms with Gasteiger partial charge in [0.05, 0.1) is 19.8 Å². The largest absolute Gasteiger partial charge is 0.493 e. The summed E-state index contributed by atoms with van der Waals surface area (Å²) in [4.78, 5) is 11.9. The predicted molar refractivity (Wildman–Crippen MR) is 65.6 cm³/mol. The van der Waals surface area contributed by atoms with Gasteiger partial charge < -0.3 is 20.5 Å². The molecular formula is C12H18N2O3. The second-order valence-electron chi connectivity index (χ2n) is 3.44. The minimum absolute atomic E-state index is 0.186. The average Bonchev–Trinajstić information content (AvgIpc) is 2.37. The lowest BCUT2D eigenvalue weighted by atomic mass is 10.1. The van der Waals surface area contributed by atoms with Crippen molar-refractivity contribution in [3.8, 4) is 11.5 Å². The van der Waals surface area contributed by atoms with E-state index in [0.29, 0.717) is 30.2 Å². The Morgan fingerprint density at radius 3 is 2.71 bits per heavy atom. The van der Waals surface area contributed by atoms with Crippen LogP contribution in [0, 0.1) is 0 Å². The third-order valence-electron chi connectivity index (χ3n) is 2.31. The molecule has 0 spiro atoms. The molecule has 1 amide bonds. The second-order valence-corrected chi connectivity index (χ2v) is 3.44. The smallest absolute Gasteiger partial charge is 0.255 e. The number of nitrogens with two attached hydrogens (primary N) is 1. The van der Waals surface area contributed by atoms with Crippen LogP contribution < -0.4 is 20.5 Å². The number of benzene rings is 1. The maximum atomic E-state index is 11.9. The molecule has 0 radical (unpaired) electrons. The molecule has 0 unspecified atom stereocenters. The number of para-hydroxylation sites is 1. The second kappa shape index (κ2) is 6.75. The quantitative estimate of drug-likeness (QED) is 0.718. The lowest BCUT2D eigenvalue weighted by Gasteiger charge is -2.12. The van der Waals surface area contributed by atoms with Gasteiger partial charge in [-0.3, -0.25) is 4.79 Å². The van der Waals surface area contributed by atoms with E-state index in [0.717, 1.165) is 6.42 Å². The Bertz CT molecular complexity index is 380. The summed E-state index contributed by atoms with van der Waals surface area (Å²) in [6, 6.07) is 5.19. The van der Waals surface area contributed by atoms with E-state index in [4.69, 9.17) is 15.2 Å². The molecule has 3 N–H and O–H groups in total. The lowest BCUT2D eigenvalue weighted by Crippen LogP contribution is -2.26. The van der Waals surface area contributed by atoms with Crippen molar-refractivity contribution in [3.63, 3.8) is 0 Å². The lowest BCUT2D eigenvalue weighted by molar-refractivity contribution is 0.0950. The van der Waals surface area contributed by atoms with E-state index in [1.807, 2.05) is 0 Å². The summed E-state index contributed by atoms with van der Waals surface area (Å²) in [6.07, 6.45) is 0.748. The molecule has 0 saturated carbocycles. The molecular weight excluding hydrogens is 220 g/mol. The van der Waals surface area contributed by atoms with E-state index in [1.165, 1.54) is 14.2 Å². The molecule has 0 aromatic heterocycles. The number of nitrogens with one attached hydrogen (secondary N) is 1. The number of amides is 1. The molecule has 0 fully saturated rings. The molecule has 5 heteroatoms. The van der Waals surface area contributed by atoms with E-state index in [1.54, 1.807) is 18.2 Å². The van der Waals surface area contributed by atoms with Crippen molar-refractivity contribution in [2.75, 3.05) is 27.3 Å². The Labute approximate surface area is 101 Å². The van der Waals surface area contributed by atoms with Crippen molar-refractivity contribution >= 4 is 5.91 Å². The minimum atomic E-state index is -0.186. The Balaban J connectivity index is 2.85. The molecule has 0 bridgehead atoms. The normalized spacial score (nSPS) is 9.82. The average molecular weight is 238 g/mol. The molecule has 0 saturated heterocycles. The Morgan fingerprint density at radius 2 is 2.12 bits per heavy atom. The summed E-state index contributed by atoms with van der Waals surface area (Å²) in [5.74, 6) is 0.799. The van der Waals surface area contributed by atoms with Gasteiger partial charge in [0.1, 0.15) is 0 Å². The van der Waals surface area contributed by atoms with Gasteiger partial charge in [0.2, 0.25) is 0 Å². The molecule has 5 nitrogen and oxygen atoms in total. The first kappa shape index (κ1) is 13.3. The van der Waals surface area contributed by atoms with Gasteiger partial charge in [0, 0.05) is 6.54 Å². The van der Waals surface area contributed by atoms with Gasteiger partial charge in [-0.1, -0.05) is 6.07 Å². The molecule has 1 rings (SSSR count). The topological polar surface area (TPSA) is 73.6 Å². The highest BCUT2D eigenvalue weighted by Crippen LogP contribution is 2.30. The van der Waals surface area contributed by atoms with Gasteiger partial charge in [0.15, 0.2) is 11.5 Å². The first-order valence-corrected chi connectivity index (χ1v) is 5.43. The van der Waals surface area contributed by atoms with E-state index >= 15 is 0 Å². The van der Waals surface area contributed by atoms with Crippen LogP contribution in [0.4, 0.5) is 0 Å². The number of ether oxygens (including phenoxy) is 2. The van der Waals surface area contributed by atoms with Crippen LogP contribution in [0.2, 0.25) is 0 Å². The van der Waals surface area contributed by atoms with Gasteiger partial charge in [-0.15, -0.1) is 0 Å². The fourth-order valence-electron chi connectivity index (χ4n) is 1.47. The zero-order chi connectivity index (χ0) is 12.7. The fraction of sp³-hybridized carbons (Fsp3) is 0.417. The maximum Gasteiger partial charge on any atom is 0.255 e. The summed E-state index contributed by atoms with van der Waals surface area (Å²) in [5.41, 5.74) is 5.82. The van der Waals surface area contributed by atoms with Crippen molar-refractivity contribution in [2.24, 2.45) is 5.73 Å². The first-order chi connectivity index (χ1) is 8.24. The molecule has 0 heterocycles. The fourth-order valence-corrected chi connectivity index (χ4v) is 1.47. The highest BCUT2D eigenvalue weighted by atomic mass is 16.5. The number of methoxy groups -OCH3 is 2. The van der Waals surface area contributed by atoms with Crippen LogP contribution in [0.3, 0.4) is 0 Å². The molecule has 0 aliphatic heterocycles. The number of carbonyl (C=O) groups excluding carboxylic acids is 1. The van der Waals surface area contributed by atoms with E-state index in [2.05, 4.69) is 5.32 Å². The van der Waals surface area contributed by atoms with Crippen LogP contribution in [0.1, 0.15) is 16.8 Å². The van der Waals surface area contributed by atoms with Crippen LogP contribution in [0.15, 0.2) is 18.2 Å². The monoisotopic (exact) mass is 238 g/mol. The minimum Gasteiger partial charge on any atom is -0.493 e. The number of carbonyl (C=O) groups is 1. The van der Waals surface area contributed by atoms with Gasteiger partial charge >= 0.3 is 0 Å². The predicted octanol–water partition coefficient (Wildman–Crippen LogP) is 0.782. The van der Waals surface area contributed by atoms with Crippen LogP contribution in [-0.4, -0.2) is 33.2 Å². The first-order valence-electron chi connectivity index (χ1n) is 5.43. The van der Waals surface area contributed by atoms with Crippen LogP contribution in [0.25, 0.3) is 0 Å². The van der Waals surface area contributed by atoms with Gasteiger partial charge in [0.25, 0.3) is 5.91 Å². The molecule has 0 aliphatic carbocycles. The zero-order valence-corrected chi connectivity index (χ0v) is 10.2. The summed E-state index contributed by atoms with van der Waals surface area (Å²) in [6.45, 7) is 1.10. The number of rotatable bonds is 6. The van der Waals surface area contributed by atoms with Gasteiger partial charge in [-0.2, -0.15) is 0 Å². The summed E-state index contributed by atoms with van der Waals surface area (Å²) in [5, 5.41) is 2.77. The maximum absolute atomic E-state index is 11.9. The van der Waals surface area contributed by atoms with Gasteiger partial charge in [-0.25, -0.2) is 0 Å². The van der Waals surface area contributed by atoms with Crippen molar-refractivity contribution < 1.29 is 14.3 Å². The van der Waals surface area contributed by atoms with Crippen LogP contribution in [-0.2, 0) is 0 Å². The molecule has 0 aliphatic rings. The van der Waals surface area contributed by atoms with E-state index in [-0.39, 0.29) is 5.91 Å². The van der Waals surface area contributed by atoms with Crippen molar-refractivity contribution in [2.45, 2.75) is 6.42 Å². The molecule has 94 valence electrons. The third kappa shape index (κ3) is 3.35. The van der Waals surface area contributed by atoms with Crippen LogP contribution in [0.5, 0.6) is 11.5 Å². The number of hydrogen-bond acceptors (Lipinski definition) is 4. The Kier molecular flexibility index (Phi) is 5.29. The third-order valence-corrected chi connectivity index (χ3v) is 2.31. The van der Waals surface area contributed by atoms with Crippen molar-refractivity contribution in [1.82, 2.24) is 5.32 Å². The van der Waals surface area contributed by atoms with Gasteiger partial charge in [-0.05, 0) is 25.1 Å². The van der Waals surface area contributed by atoms with Crippen LogP contribution >= 0.6 is 0 Å². The van der Waals surface area contributed by atoms with Crippen molar-refractivity contribution in [3.05, 3.63) is 23.8 Å². The Morgan fingerprint density at radius 1 is 1.35 bits per heavy atom. The highest BCUT2D eigenvalue weighted by Gasteiger charge is 2.15. The number of hydrogen-bond donors (Lipinski definition) is 2. The summed E-state index contributed by atoms with van der Waals surface area (Å²) >= 11 is 0. The summed E-state index contributed by atoms with van der Waals surface area (Å²) < 4.78 is 10.3. The molecule has 1 aromatic rings. The zero-order valence-electron chi connectivity index (χ0n) is 10.2.